The second-order valence-corrected chi connectivity index (χ2v) is 10.3. The summed E-state index contributed by atoms with van der Waals surface area (Å²) in [5.74, 6) is -0.0790. The van der Waals surface area contributed by atoms with Crippen LogP contribution in [0, 0.1) is 5.92 Å². The number of rotatable bonds is 4. The molecule has 2 heterocycles. The number of benzene rings is 1. The van der Waals surface area contributed by atoms with Crippen molar-refractivity contribution in [2.45, 2.75) is 63.1 Å². The molecule has 4 rings (SSSR count). The van der Waals surface area contributed by atoms with Gasteiger partial charge in [0.1, 0.15) is 6.10 Å². The van der Waals surface area contributed by atoms with E-state index in [-0.39, 0.29) is 18.0 Å². The predicted molar refractivity (Wildman–Crippen MR) is 116 cm³/mol. The molecule has 1 aliphatic carbocycles. The van der Waals surface area contributed by atoms with Gasteiger partial charge in [-0.25, -0.2) is 8.42 Å². The van der Waals surface area contributed by atoms with Crippen molar-refractivity contribution in [1.29, 1.82) is 0 Å². The normalized spacial score (nSPS) is 29.4. The highest BCUT2D eigenvalue weighted by Crippen LogP contribution is 2.41. The molecular weight excluding hydrogens is 418 g/mol. The summed E-state index contributed by atoms with van der Waals surface area (Å²) in [7, 11) is 1.09. The summed E-state index contributed by atoms with van der Waals surface area (Å²) in [6.45, 7) is 0. The maximum Gasteiger partial charge on any atom is 0.313 e. The Morgan fingerprint density at radius 1 is 1.06 bits per heavy atom. The Morgan fingerprint density at radius 2 is 1.65 bits per heavy atom. The van der Waals surface area contributed by atoms with Gasteiger partial charge in [-0.15, -0.1) is 0 Å². The van der Waals surface area contributed by atoms with E-state index in [4.69, 9.17) is 4.74 Å². The van der Waals surface area contributed by atoms with E-state index in [1.807, 2.05) is 18.2 Å². The second kappa shape index (κ2) is 9.81. The summed E-state index contributed by atoms with van der Waals surface area (Å²) in [6, 6.07) is 11.7. The largest absolute Gasteiger partial charge is 0.726 e. The average molecular weight is 452 g/mol. The van der Waals surface area contributed by atoms with Gasteiger partial charge in [-0.3, -0.25) is 8.98 Å². The van der Waals surface area contributed by atoms with Gasteiger partial charge in [0.25, 0.3) is 0 Å². The highest BCUT2D eigenvalue weighted by Gasteiger charge is 2.50. The van der Waals surface area contributed by atoms with E-state index in [2.05, 4.69) is 36.5 Å². The van der Waals surface area contributed by atoms with E-state index in [1.165, 1.54) is 24.0 Å². The topological polar surface area (TPSA) is 92.7 Å². The molecule has 31 heavy (non-hydrogen) atoms. The highest BCUT2D eigenvalue weighted by molar-refractivity contribution is 7.80. The van der Waals surface area contributed by atoms with E-state index in [9.17, 15) is 17.8 Å². The Balaban J connectivity index is 0.000000401. The molecule has 1 aromatic rings. The number of nitrogens with zero attached hydrogens (tertiary/aromatic N) is 1. The third-order valence-corrected chi connectivity index (χ3v) is 7.51. The van der Waals surface area contributed by atoms with Gasteiger partial charge in [0.2, 0.25) is 10.4 Å². The van der Waals surface area contributed by atoms with Crippen molar-refractivity contribution in [1.82, 2.24) is 0 Å². The van der Waals surface area contributed by atoms with Gasteiger partial charge in [0, 0.05) is 25.7 Å². The summed E-state index contributed by atoms with van der Waals surface area (Å²) in [6.07, 6.45) is 10.1. The number of ether oxygens (including phenoxy) is 1. The smallest absolute Gasteiger partial charge is 0.313 e. The fourth-order valence-electron chi connectivity index (χ4n) is 5.24. The molecule has 7 nitrogen and oxygen atoms in total. The Hall–Kier alpha value is -1.74. The van der Waals surface area contributed by atoms with Crippen LogP contribution in [0.25, 0.3) is 5.57 Å². The number of allylic oxidation sites excluding steroid dienone is 1. The van der Waals surface area contributed by atoms with Crippen LogP contribution in [-0.2, 0) is 24.1 Å². The molecule has 0 N–H and O–H groups in total. The van der Waals surface area contributed by atoms with E-state index in [1.54, 1.807) is 0 Å². The molecule has 0 aromatic heterocycles. The van der Waals surface area contributed by atoms with E-state index >= 15 is 0 Å². The van der Waals surface area contributed by atoms with Crippen LogP contribution in [0.2, 0.25) is 0 Å². The zero-order valence-corrected chi connectivity index (χ0v) is 19.3. The maximum atomic E-state index is 13.0. The molecule has 2 bridgehead atoms. The standard InChI is InChI=1S/C22H30NO2.CH4O4S/c1-23(2)17-12-13-18(23)15-19(14-17)25-22(24)21-11-7-6-10-20(21)16-8-4-3-5-9-16;1-5-6(2,3)4/h3-5,8-10,17-19,21H,6-7,11-15H2,1-2H3;1H3,(H,2,3,4)/q+1;/p-1. The molecule has 0 radical (unpaired) electrons. The lowest BCUT2D eigenvalue weighted by Gasteiger charge is -2.44. The number of hydrogen-bond donors (Lipinski definition) is 0. The first-order valence-electron chi connectivity index (χ1n) is 10.9. The first-order chi connectivity index (χ1) is 14.6. The average Bonchev–Trinajstić information content (AvgIpc) is 2.91. The van der Waals surface area contributed by atoms with Crippen molar-refractivity contribution in [2.75, 3.05) is 21.2 Å². The Labute approximate surface area is 185 Å². The maximum absolute atomic E-state index is 13.0. The lowest BCUT2D eigenvalue weighted by molar-refractivity contribution is -0.931. The van der Waals surface area contributed by atoms with Crippen molar-refractivity contribution in [3.8, 4) is 0 Å². The van der Waals surface area contributed by atoms with Crippen LogP contribution in [0.3, 0.4) is 0 Å². The van der Waals surface area contributed by atoms with Gasteiger partial charge in [0.15, 0.2) is 0 Å². The minimum atomic E-state index is -4.41. The fraction of sp³-hybridized carbons (Fsp3) is 0.609. The summed E-state index contributed by atoms with van der Waals surface area (Å²) < 4.78 is 38.2. The molecular formula is C23H33NO6S. The predicted octanol–water partition coefficient (Wildman–Crippen LogP) is 3.28. The van der Waals surface area contributed by atoms with Crippen LogP contribution in [0.1, 0.15) is 50.5 Å². The summed E-state index contributed by atoms with van der Waals surface area (Å²) in [5.41, 5.74) is 2.34. The summed E-state index contributed by atoms with van der Waals surface area (Å²) in [4.78, 5) is 13.0. The number of piperidine rings is 1. The van der Waals surface area contributed by atoms with Crippen LogP contribution in [0.5, 0.6) is 0 Å². The molecule has 0 amide bonds. The number of quaternary nitrogens is 1. The Bertz CT molecular complexity index is 880. The zero-order valence-electron chi connectivity index (χ0n) is 18.5. The number of carbonyl (C=O) groups excluding carboxylic acids is 1. The van der Waals surface area contributed by atoms with E-state index in [0.717, 1.165) is 43.7 Å². The Morgan fingerprint density at radius 3 is 2.19 bits per heavy atom. The molecule has 3 unspecified atom stereocenters. The summed E-state index contributed by atoms with van der Waals surface area (Å²) in [5, 5.41) is 0. The molecule has 3 aliphatic rings. The Kier molecular flexibility index (Phi) is 7.57. The molecule has 2 saturated heterocycles. The molecule has 3 atom stereocenters. The van der Waals surface area contributed by atoms with Crippen molar-refractivity contribution < 1.29 is 31.2 Å². The third kappa shape index (κ3) is 5.94. The van der Waals surface area contributed by atoms with Gasteiger partial charge in [0.05, 0.1) is 39.2 Å². The SMILES string of the molecule is COS(=O)(=O)[O-].C[N+]1(C)C2CCC1CC(OC(=O)C1CCCC=C1c1ccccc1)C2. The fourth-order valence-corrected chi connectivity index (χ4v) is 5.24. The van der Waals surface area contributed by atoms with Gasteiger partial charge < -0.3 is 13.8 Å². The van der Waals surface area contributed by atoms with Gasteiger partial charge in [-0.2, -0.15) is 0 Å². The van der Waals surface area contributed by atoms with Crippen LogP contribution in [0.15, 0.2) is 36.4 Å². The van der Waals surface area contributed by atoms with Gasteiger partial charge in [-0.05, 0) is 30.4 Å². The van der Waals surface area contributed by atoms with Crippen molar-refractivity contribution in [3.05, 3.63) is 42.0 Å². The molecule has 172 valence electrons. The highest BCUT2D eigenvalue weighted by atomic mass is 32.3. The lowest BCUT2D eigenvalue weighted by atomic mass is 9.83. The molecule has 0 saturated carbocycles. The second-order valence-electron chi connectivity index (χ2n) is 9.13. The van der Waals surface area contributed by atoms with Crippen molar-refractivity contribution >= 4 is 21.9 Å². The quantitative estimate of drug-likeness (QED) is 0.302. The van der Waals surface area contributed by atoms with E-state index < -0.39 is 10.4 Å². The van der Waals surface area contributed by atoms with Gasteiger partial charge >= 0.3 is 5.97 Å². The van der Waals surface area contributed by atoms with E-state index in [0.29, 0.717) is 12.1 Å². The number of esters is 1. The minimum absolute atomic E-state index is 0.00593. The van der Waals surface area contributed by atoms with Crippen LogP contribution < -0.4 is 0 Å². The van der Waals surface area contributed by atoms with Crippen LogP contribution >= 0.6 is 0 Å². The minimum Gasteiger partial charge on any atom is -0.726 e. The first kappa shape index (κ1) is 23.9. The van der Waals surface area contributed by atoms with Crippen molar-refractivity contribution in [2.24, 2.45) is 5.92 Å². The van der Waals surface area contributed by atoms with Crippen molar-refractivity contribution in [3.63, 3.8) is 0 Å². The number of carbonyl (C=O) groups is 1. The molecule has 2 aliphatic heterocycles. The van der Waals surface area contributed by atoms with Gasteiger partial charge in [-0.1, -0.05) is 36.4 Å². The number of fused-ring (bicyclic) bond motifs is 2. The summed E-state index contributed by atoms with van der Waals surface area (Å²) >= 11 is 0. The zero-order chi connectivity index (χ0) is 22.6. The third-order valence-electron chi connectivity index (χ3n) is 7.10. The lowest BCUT2D eigenvalue weighted by Crippen LogP contribution is -2.56. The molecule has 2 fully saturated rings. The molecule has 0 spiro atoms. The molecule has 1 aromatic carbocycles. The van der Waals surface area contributed by atoms with Crippen LogP contribution in [0.4, 0.5) is 0 Å². The molecule has 8 heteroatoms. The van der Waals surface area contributed by atoms with Crippen LogP contribution in [-0.4, -0.2) is 62.8 Å². The number of hydrogen-bond acceptors (Lipinski definition) is 6. The first-order valence-corrected chi connectivity index (χ1v) is 12.3. The monoisotopic (exact) mass is 451 g/mol.